The van der Waals surface area contributed by atoms with Gasteiger partial charge in [0.05, 0.1) is 10.7 Å². The number of hydrogen-bond donors (Lipinski definition) is 0. The minimum absolute atomic E-state index is 0.00923. The molecule has 0 aliphatic carbocycles. The van der Waals surface area contributed by atoms with Crippen LogP contribution in [0.3, 0.4) is 0 Å². The predicted molar refractivity (Wildman–Crippen MR) is 91.0 cm³/mol. The molecular weight excluding hydrogens is 330 g/mol. The molecule has 0 amide bonds. The SMILES string of the molecule is C[C@@H](c1ccncc1)N(C)S(=O)(=O)CCc1ccc([N+](=O)[O-])cc1. The summed E-state index contributed by atoms with van der Waals surface area (Å²) in [6.45, 7) is 1.82. The first-order valence-electron chi connectivity index (χ1n) is 7.40. The molecular formula is C16H19N3O4S. The molecule has 0 spiro atoms. The number of nitro benzene ring substituents is 1. The highest BCUT2D eigenvalue weighted by Gasteiger charge is 2.24. The van der Waals surface area contributed by atoms with Crippen LogP contribution < -0.4 is 0 Å². The first-order chi connectivity index (χ1) is 11.3. The Morgan fingerprint density at radius 3 is 2.29 bits per heavy atom. The molecule has 2 rings (SSSR count). The van der Waals surface area contributed by atoms with Gasteiger partial charge in [0.15, 0.2) is 0 Å². The van der Waals surface area contributed by atoms with E-state index in [1.807, 2.05) is 6.92 Å². The Morgan fingerprint density at radius 1 is 1.17 bits per heavy atom. The molecule has 1 aromatic carbocycles. The van der Waals surface area contributed by atoms with Crippen molar-refractivity contribution in [2.45, 2.75) is 19.4 Å². The molecule has 1 heterocycles. The maximum Gasteiger partial charge on any atom is 0.269 e. The van der Waals surface area contributed by atoms with Crippen LogP contribution in [0.2, 0.25) is 0 Å². The van der Waals surface area contributed by atoms with Gasteiger partial charge in [-0.1, -0.05) is 12.1 Å². The van der Waals surface area contributed by atoms with Crippen molar-refractivity contribution in [2.75, 3.05) is 12.8 Å². The molecule has 0 fully saturated rings. The van der Waals surface area contributed by atoms with Gasteiger partial charge >= 0.3 is 0 Å². The highest BCUT2D eigenvalue weighted by Crippen LogP contribution is 2.21. The quantitative estimate of drug-likeness (QED) is 0.566. The number of rotatable bonds is 7. The van der Waals surface area contributed by atoms with Gasteiger partial charge in [-0.2, -0.15) is 4.31 Å². The number of pyridine rings is 1. The van der Waals surface area contributed by atoms with Gasteiger partial charge in [-0.25, -0.2) is 8.42 Å². The van der Waals surface area contributed by atoms with E-state index in [1.165, 1.54) is 16.4 Å². The third-order valence-corrected chi connectivity index (χ3v) is 5.88. The number of aromatic nitrogens is 1. The molecule has 2 aromatic rings. The fourth-order valence-electron chi connectivity index (χ4n) is 2.27. The lowest BCUT2D eigenvalue weighted by Crippen LogP contribution is -2.32. The van der Waals surface area contributed by atoms with Crippen LogP contribution in [0.15, 0.2) is 48.8 Å². The van der Waals surface area contributed by atoms with Gasteiger partial charge in [-0.15, -0.1) is 0 Å². The molecule has 1 aromatic heterocycles. The van der Waals surface area contributed by atoms with Crippen molar-refractivity contribution < 1.29 is 13.3 Å². The Kier molecular flexibility index (Phi) is 5.63. The highest BCUT2D eigenvalue weighted by molar-refractivity contribution is 7.89. The lowest BCUT2D eigenvalue weighted by molar-refractivity contribution is -0.384. The van der Waals surface area contributed by atoms with Crippen LogP contribution in [0, 0.1) is 10.1 Å². The summed E-state index contributed by atoms with van der Waals surface area (Å²) in [6.07, 6.45) is 3.56. The summed E-state index contributed by atoms with van der Waals surface area (Å²) in [7, 11) is -1.90. The molecule has 1 atom stereocenters. The maximum absolute atomic E-state index is 12.5. The summed E-state index contributed by atoms with van der Waals surface area (Å²) in [5, 5.41) is 10.6. The normalized spacial score (nSPS) is 13.0. The third-order valence-electron chi connectivity index (χ3n) is 3.97. The zero-order valence-corrected chi connectivity index (χ0v) is 14.3. The van der Waals surface area contributed by atoms with Crippen LogP contribution >= 0.6 is 0 Å². The van der Waals surface area contributed by atoms with Crippen LogP contribution in [-0.2, 0) is 16.4 Å². The van der Waals surface area contributed by atoms with Gasteiger partial charge in [0.1, 0.15) is 0 Å². The molecule has 0 N–H and O–H groups in total. The van der Waals surface area contributed by atoms with Crippen LogP contribution in [0.4, 0.5) is 5.69 Å². The van der Waals surface area contributed by atoms with E-state index in [0.717, 1.165) is 11.1 Å². The average molecular weight is 349 g/mol. The molecule has 0 unspecified atom stereocenters. The lowest BCUT2D eigenvalue weighted by atomic mass is 10.1. The second-order valence-electron chi connectivity index (χ2n) is 5.46. The minimum atomic E-state index is -3.45. The number of non-ortho nitro benzene ring substituents is 1. The highest BCUT2D eigenvalue weighted by atomic mass is 32.2. The van der Waals surface area contributed by atoms with Crippen LogP contribution in [-0.4, -0.2) is 35.4 Å². The predicted octanol–water partition coefficient (Wildman–Crippen LogP) is 2.56. The summed E-state index contributed by atoms with van der Waals surface area (Å²) in [6, 6.07) is 9.20. The van der Waals surface area contributed by atoms with Crippen molar-refractivity contribution in [1.82, 2.24) is 9.29 Å². The fraction of sp³-hybridized carbons (Fsp3) is 0.312. The van der Waals surface area contributed by atoms with E-state index in [9.17, 15) is 18.5 Å². The van der Waals surface area contributed by atoms with E-state index in [4.69, 9.17) is 0 Å². The topological polar surface area (TPSA) is 93.4 Å². The Balaban J connectivity index is 2.03. The standard InChI is InChI=1S/C16H19N3O4S/c1-13(15-7-10-17-11-8-15)18(2)24(22,23)12-9-14-3-5-16(6-4-14)19(20)21/h3-8,10-11,13H,9,12H2,1-2H3/t13-/m0/s1. The second kappa shape index (κ2) is 7.50. The number of sulfonamides is 1. The fourth-order valence-corrected chi connectivity index (χ4v) is 3.65. The molecule has 7 nitrogen and oxygen atoms in total. The molecule has 128 valence electrons. The Labute approximate surface area is 141 Å². The van der Waals surface area contributed by atoms with Gasteiger partial charge in [0, 0.05) is 37.6 Å². The Morgan fingerprint density at radius 2 is 1.75 bits per heavy atom. The Bertz CT molecular complexity index is 792. The summed E-state index contributed by atoms with van der Waals surface area (Å²) in [5.74, 6) is -0.0588. The molecule has 0 saturated carbocycles. The van der Waals surface area contributed by atoms with Gasteiger partial charge in [-0.05, 0) is 36.6 Å². The largest absolute Gasteiger partial charge is 0.269 e. The number of aryl methyl sites for hydroxylation is 1. The number of nitrogens with zero attached hydrogens (tertiary/aromatic N) is 3. The summed E-state index contributed by atoms with van der Waals surface area (Å²) < 4.78 is 26.3. The summed E-state index contributed by atoms with van der Waals surface area (Å²) in [5.41, 5.74) is 1.60. The van der Waals surface area contributed by atoms with E-state index in [2.05, 4.69) is 4.98 Å². The van der Waals surface area contributed by atoms with Crippen molar-refractivity contribution in [3.8, 4) is 0 Å². The first kappa shape index (κ1) is 18.0. The summed E-state index contributed by atoms with van der Waals surface area (Å²) in [4.78, 5) is 14.1. The monoisotopic (exact) mass is 349 g/mol. The van der Waals surface area contributed by atoms with E-state index in [1.54, 1.807) is 43.7 Å². The van der Waals surface area contributed by atoms with E-state index >= 15 is 0 Å². The molecule has 0 radical (unpaired) electrons. The lowest BCUT2D eigenvalue weighted by Gasteiger charge is -2.24. The average Bonchev–Trinajstić information content (AvgIpc) is 2.59. The third kappa shape index (κ3) is 4.36. The molecule has 0 aliphatic heterocycles. The molecule has 0 bridgehead atoms. The zero-order valence-electron chi connectivity index (χ0n) is 13.5. The summed E-state index contributed by atoms with van der Waals surface area (Å²) >= 11 is 0. The van der Waals surface area contributed by atoms with Gasteiger partial charge in [0.2, 0.25) is 10.0 Å². The van der Waals surface area contributed by atoms with Crippen molar-refractivity contribution in [3.05, 3.63) is 70.0 Å². The minimum Gasteiger partial charge on any atom is -0.265 e. The Hall–Kier alpha value is -2.32. The van der Waals surface area contributed by atoms with Gasteiger partial charge < -0.3 is 0 Å². The number of benzene rings is 1. The zero-order chi connectivity index (χ0) is 17.7. The number of nitro groups is 1. The van der Waals surface area contributed by atoms with Crippen molar-refractivity contribution >= 4 is 15.7 Å². The molecule has 0 aliphatic rings. The first-order valence-corrected chi connectivity index (χ1v) is 9.01. The maximum atomic E-state index is 12.5. The van der Waals surface area contributed by atoms with Crippen molar-refractivity contribution in [2.24, 2.45) is 0 Å². The van der Waals surface area contributed by atoms with Gasteiger partial charge in [-0.3, -0.25) is 15.1 Å². The second-order valence-corrected chi connectivity index (χ2v) is 7.61. The van der Waals surface area contributed by atoms with Crippen LogP contribution in [0.25, 0.3) is 0 Å². The molecule has 0 saturated heterocycles. The van der Waals surface area contributed by atoms with Crippen molar-refractivity contribution in [3.63, 3.8) is 0 Å². The van der Waals surface area contributed by atoms with Gasteiger partial charge in [0.25, 0.3) is 5.69 Å². The van der Waals surface area contributed by atoms with Crippen LogP contribution in [0.5, 0.6) is 0 Å². The van der Waals surface area contributed by atoms with Crippen LogP contribution in [0.1, 0.15) is 24.1 Å². The molecule has 8 heteroatoms. The van der Waals surface area contributed by atoms with E-state index in [0.29, 0.717) is 6.42 Å². The van der Waals surface area contributed by atoms with E-state index in [-0.39, 0.29) is 17.5 Å². The molecule has 24 heavy (non-hydrogen) atoms. The smallest absolute Gasteiger partial charge is 0.265 e. The number of hydrogen-bond acceptors (Lipinski definition) is 5. The van der Waals surface area contributed by atoms with E-state index < -0.39 is 14.9 Å². The van der Waals surface area contributed by atoms with Crippen molar-refractivity contribution in [1.29, 1.82) is 0 Å².